The summed E-state index contributed by atoms with van der Waals surface area (Å²) < 4.78 is 18.0. The normalized spacial score (nSPS) is 12.1. The summed E-state index contributed by atoms with van der Waals surface area (Å²) in [6, 6.07) is 12.0. The van der Waals surface area contributed by atoms with Gasteiger partial charge in [0.15, 0.2) is 18.1 Å². The maximum atomic E-state index is 12.7. The molecule has 0 fully saturated rings. The van der Waals surface area contributed by atoms with Gasteiger partial charge in [0.05, 0.1) is 10.6 Å². The van der Waals surface area contributed by atoms with E-state index in [2.05, 4.69) is 0 Å². The number of rotatable bonds is 6. The van der Waals surface area contributed by atoms with Crippen LogP contribution in [0.4, 0.5) is 0 Å². The van der Waals surface area contributed by atoms with Crippen molar-refractivity contribution < 1.29 is 23.8 Å². The third kappa shape index (κ3) is 4.40. The number of aryl methyl sites for hydroxylation is 1. The van der Waals surface area contributed by atoms with Gasteiger partial charge in [0.25, 0.3) is 0 Å². The molecule has 4 rings (SSSR count). The van der Waals surface area contributed by atoms with E-state index in [1.54, 1.807) is 12.1 Å². The highest BCUT2D eigenvalue weighted by Gasteiger charge is 2.20. The molecule has 2 aromatic carbocycles. The first-order chi connectivity index (χ1) is 14.8. The second-order valence-corrected chi connectivity index (χ2v) is 8.03. The van der Waals surface area contributed by atoms with Crippen LogP contribution in [0, 0.1) is 13.8 Å². The zero-order valence-electron chi connectivity index (χ0n) is 16.9. The minimum atomic E-state index is -0.699. The first kappa shape index (κ1) is 21.3. The number of Topliss-reactive ketones (excluding diaryl/α,β-unsaturated/α-hetero) is 1. The number of hydrogen-bond acceptors (Lipinski definition) is 5. The third-order valence-corrected chi connectivity index (χ3v) is 5.70. The van der Waals surface area contributed by atoms with Crippen molar-refractivity contribution in [3.8, 4) is 11.5 Å². The number of aromatic nitrogens is 1. The van der Waals surface area contributed by atoms with Crippen molar-refractivity contribution in [3.05, 3.63) is 80.6 Å². The van der Waals surface area contributed by atoms with Gasteiger partial charge in [0, 0.05) is 28.5 Å². The third-order valence-electron chi connectivity index (χ3n) is 5.13. The van der Waals surface area contributed by atoms with Gasteiger partial charge in [-0.25, -0.2) is 4.79 Å². The first-order valence-corrected chi connectivity index (χ1v) is 10.3. The van der Waals surface area contributed by atoms with Crippen molar-refractivity contribution in [2.45, 2.75) is 20.4 Å². The van der Waals surface area contributed by atoms with Crippen molar-refractivity contribution >= 4 is 35.0 Å². The molecule has 0 amide bonds. The lowest BCUT2D eigenvalue weighted by atomic mass is 10.1. The minimum Gasteiger partial charge on any atom is -0.454 e. The van der Waals surface area contributed by atoms with Crippen LogP contribution in [0.2, 0.25) is 10.0 Å². The van der Waals surface area contributed by atoms with Gasteiger partial charge in [-0.2, -0.15) is 0 Å². The summed E-state index contributed by atoms with van der Waals surface area (Å²) in [5.41, 5.74) is 3.35. The highest BCUT2D eigenvalue weighted by atomic mass is 35.5. The number of ketones is 1. The van der Waals surface area contributed by atoms with Crippen LogP contribution >= 0.6 is 23.2 Å². The second kappa shape index (κ2) is 8.65. The van der Waals surface area contributed by atoms with Gasteiger partial charge < -0.3 is 18.8 Å². The Labute approximate surface area is 189 Å². The fourth-order valence-corrected chi connectivity index (χ4v) is 3.86. The quantitative estimate of drug-likeness (QED) is 0.373. The summed E-state index contributed by atoms with van der Waals surface area (Å²) in [6.07, 6.45) is 0. The van der Waals surface area contributed by atoms with Crippen LogP contribution in [0.25, 0.3) is 0 Å². The summed E-state index contributed by atoms with van der Waals surface area (Å²) in [6.45, 7) is 4.19. The topological polar surface area (TPSA) is 66.8 Å². The maximum absolute atomic E-state index is 12.7. The molecule has 0 spiro atoms. The van der Waals surface area contributed by atoms with Crippen LogP contribution in [0.15, 0.2) is 42.5 Å². The van der Waals surface area contributed by atoms with E-state index in [1.807, 2.05) is 36.6 Å². The van der Waals surface area contributed by atoms with Gasteiger partial charge in [0.1, 0.15) is 0 Å². The zero-order valence-corrected chi connectivity index (χ0v) is 18.4. The predicted octanol–water partition coefficient (Wildman–Crippen LogP) is 5.23. The highest BCUT2D eigenvalue weighted by Crippen LogP contribution is 2.33. The van der Waals surface area contributed by atoms with Gasteiger partial charge in [-0.15, -0.1) is 0 Å². The molecule has 0 saturated carbocycles. The average Bonchev–Trinajstić information content (AvgIpc) is 3.33. The molecule has 3 aromatic rings. The lowest BCUT2D eigenvalue weighted by Gasteiger charge is -2.11. The molecular formula is C23H19Cl2NO5. The largest absolute Gasteiger partial charge is 0.454 e. The smallest absolute Gasteiger partial charge is 0.340 e. The summed E-state index contributed by atoms with van der Waals surface area (Å²) >= 11 is 11.9. The fraction of sp³-hybridized carbons (Fsp3) is 0.217. The van der Waals surface area contributed by atoms with Gasteiger partial charge in [-0.05, 0) is 55.8 Å². The summed E-state index contributed by atoms with van der Waals surface area (Å²) in [7, 11) is 0. The summed E-state index contributed by atoms with van der Waals surface area (Å²) in [4.78, 5) is 25.0. The number of benzene rings is 2. The Hall–Kier alpha value is -2.96. The molecule has 6 nitrogen and oxygen atoms in total. The number of ether oxygens (including phenoxy) is 3. The minimum absolute atomic E-state index is 0.121. The van der Waals surface area contributed by atoms with Crippen molar-refractivity contribution in [2.24, 2.45) is 0 Å². The fourth-order valence-electron chi connectivity index (χ4n) is 3.49. The molecule has 0 bridgehead atoms. The second-order valence-electron chi connectivity index (χ2n) is 7.18. The number of esters is 1. The van der Waals surface area contributed by atoms with E-state index in [9.17, 15) is 9.59 Å². The highest BCUT2D eigenvalue weighted by molar-refractivity contribution is 6.35. The van der Waals surface area contributed by atoms with Crippen LogP contribution in [0.5, 0.6) is 11.5 Å². The van der Waals surface area contributed by atoms with Crippen molar-refractivity contribution in [2.75, 3.05) is 13.4 Å². The van der Waals surface area contributed by atoms with Crippen molar-refractivity contribution in [1.82, 2.24) is 4.57 Å². The van der Waals surface area contributed by atoms with Crippen LogP contribution in [0.1, 0.15) is 37.7 Å². The molecule has 2 heterocycles. The number of nitrogens with zero attached hydrogens (tertiary/aromatic N) is 1. The molecule has 0 saturated heterocycles. The lowest BCUT2D eigenvalue weighted by Crippen LogP contribution is -2.15. The molecular weight excluding hydrogens is 441 g/mol. The van der Waals surface area contributed by atoms with Gasteiger partial charge in [-0.1, -0.05) is 29.3 Å². The van der Waals surface area contributed by atoms with E-state index in [0.717, 1.165) is 22.7 Å². The molecule has 8 heteroatoms. The van der Waals surface area contributed by atoms with E-state index < -0.39 is 12.6 Å². The monoisotopic (exact) mass is 459 g/mol. The summed E-state index contributed by atoms with van der Waals surface area (Å²) in [5, 5.41) is 0.568. The number of carbonyl (C=O) groups excluding carboxylic acids is 2. The van der Waals surface area contributed by atoms with Crippen molar-refractivity contribution in [3.63, 3.8) is 0 Å². The summed E-state index contributed by atoms with van der Waals surface area (Å²) in [5.74, 6) is 0.441. The van der Waals surface area contributed by atoms with E-state index >= 15 is 0 Å². The standard InChI is InChI=1S/C23H19Cl2NO5/c1-13-7-17(20(27)11-29-23(28)18-9-16(24)4-5-19(18)25)14(2)26(13)10-15-3-6-21-22(8-15)31-12-30-21/h3-9H,10-12H2,1-2H3. The number of halogens is 2. The maximum Gasteiger partial charge on any atom is 0.340 e. The van der Waals surface area contributed by atoms with Crippen LogP contribution in [-0.4, -0.2) is 29.7 Å². The number of carbonyl (C=O) groups is 2. The van der Waals surface area contributed by atoms with Gasteiger partial charge >= 0.3 is 5.97 Å². The Kier molecular flexibility index (Phi) is 5.94. The molecule has 0 radical (unpaired) electrons. The first-order valence-electron chi connectivity index (χ1n) is 9.54. The average molecular weight is 460 g/mol. The van der Waals surface area contributed by atoms with E-state index in [0.29, 0.717) is 22.9 Å². The Morgan fingerprint density at radius 1 is 1.00 bits per heavy atom. The Morgan fingerprint density at radius 2 is 1.77 bits per heavy atom. The SMILES string of the molecule is Cc1cc(C(=O)COC(=O)c2cc(Cl)ccc2Cl)c(C)n1Cc1ccc2c(c1)OCO2. The zero-order chi connectivity index (χ0) is 22.1. The van der Waals surface area contributed by atoms with E-state index in [4.69, 9.17) is 37.4 Å². The molecule has 0 atom stereocenters. The molecule has 1 aliphatic rings. The molecule has 1 aromatic heterocycles. The van der Waals surface area contributed by atoms with E-state index in [1.165, 1.54) is 12.1 Å². The Balaban J connectivity index is 1.47. The van der Waals surface area contributed by atoms with Crippen molar-refractivity contribution in [1.29, 1.82) is 0 Å². The Morgan fingerprint density at radius 3 is 2.58 bits per heavy atom. The Bertz CT molecular complexity index is 1180. The van der Waals surface area contributed by atoms with Gasteiger partial charge in [0.2, 0.25) is 12.6 Å². The lowest BCUT2D eigenvalue weighted by molar-refractivity contribution is 0.0474. The van der Waals surface area contributed by atoms with Crippen LogP contribution < -0.4 is 9.47 Å². The predicted molar refractivity (Wildman–Crippen MR) is 117 cm³/mol. The number of fused-ring (bicyclic) bond motifs is 1. The molecule has 0 N–H and O–H groups in total. The van der Waals surface area contributed by atoms with Crippen LogP contribution in [0.3, 0.4) is 0 Å². The molecule has 0 aliphatic carbocycles. The van der Waals surface area contributed by atoms with Crippen LogP contribution in [-0.2, 0) is 11.3 Å². The molecule has 0 unspecified atom stereocenters. The molecule has 31 heavy (non-hydrogen) atoms. The molecule has 160 valence electrons. The number of hydrogen-bond donors (Lipinski definition) is 0. The van der Waals surface area contributed by atoms with Gasteiger partial charge in [-0.3, -0.25) is 4.79 Å². The van der Waals surface area contributed by atoms with E-state index in [-0.39, 0.29) is 23.2 Å². The molecule has 1 aliphatic heterocycles.